The van der Waals surface area contributed by atoms with Crippen LogP contribution in [0.4, 0.5) is 11.5 Å². The summed E-state index contributed by atoms with van der Waals surface area (Å²) in [5.74, 6) is 0.772. The molecule has 0 atom stereocenters. The van der Waals surface area contributed by atoms with E-state index in [4.69, 9.17) is 0 Å². The smallest absolute Gasteiger partial charge is 0.161 e. The molecule has 27 heavy (non-hydrogen) atoms. The Balaban J connectivity index is 1.73. The Morgan fingerprint density at radius 1 is 0.667 bits per heavy atom. The second kappa shape index (κ2) is 6.84. The lowest BCUT2D eigenvalue weighted by Gasteiger charge is -2.19. The summed E-state index contributed by atoms with van der Waals surface area (Å²) in [4.78, 5) is 0. The summed E-state index contributed by atoms with van der Waals surface area (Å²) in [6.45, 7) is 6.66. The molecule has 0 bridgehead atoms. The molecule has 3 nitrogen and oxygen atoms in total. The van der Waals surface area contributed by atoms with Crippen LogP contribution in [0.25, 0.3) is 22.0 Å². The van der Waals surface area contributed by atoms with E-state index in [2.05, 4.69) is 84.8 Å². The third kappa shape index (κ3) is 3.54. The molecule has 0 amide bonds. The largest absolute Gasteiger partial charge is 0.338 e. The van der Waals surface area contributed by atoms with Crippen molar-refractivity contribution < 1.29 is 0 Å². The summed E-state index contributed by atoms with van der Waals surface area (Å²) in [6.07, 6.45) is 0. The molecule has 0 radical (unpaired) electrons. The topological polar surface area (TPSA) is 37.8 Å². The van der Waals surface area contributed by atoms with Crippen molar-refractivity contribution >= 4 is 22.3 Å². The first-order valence-electron chi connectivity index (χ1n) is 9.21. The van der Waals surface area contributed by atoms with Gasteiger partial charge in [-0.05, 0) is 23.1 Å². The van der Waals surface area contributed by atoms with Crippen LogP contribution in [-0.2, 0) is 5.41 Å². The number of nitrogens with zero attached hydrogens (tertiary/aromatic N) is 2. The van der Waals surface area contributed by atoms with Gasteiger partial charge in [0.25, 0.3) is 0 Å². The molecule has 4 aromatic rings. The number of anilines is 2. The average Bonchev–Trinajstić information content (AvgIpc) is 2.69. The van der Waals surface area contributed by atoms with Gasteiger partial charge in [-0.3, -0.25) is 0 Å². The van der Waals surface area contributed by atoms with Crippen molar-refractivity contribution in [3.63, 3.8) is 0 Å². The summed E-state index contributed by atoms with van der Waals surface area (Å²) >= 11 is 0. The van der Waals surface area contributed by atoms with Gasteiger partial charge < -0.3 is 5.32 Å². The van der Waals surface area contributed by atoms with Crippen molar-refractivity contribution in [3.05, 3.63) is 84.4 Å². The maximum atomic E-state index is 4.52. The highest BCUT2D eigenvalue weighted by Crippen LogP contribution is 2.31. The lowest BCUT2D eigenvalue weighted by Crippen LogP contribution is -2.10. The van der Waals surface area contributed by atoms with Crippen LogP contribution in [0.3, 0.4) is 0 Å². The van der Waals surface area contributed by atoms with Crippen molar-refractivity contribution in [1.29, 1.82) is 0 Å². The zero-order valence-electron chi connectivity index (χ0n) is 15.9. The Morgan fingerprint density at radius 3 is 1.96 bits per heavy atom. The lowest BCUT2D eigenvalue weighted by molar-refractivity contribution is 0.590. The highest BCUT2D eigenvalue weighted by Gasteiger charge is 2.14. The molecule has 0 aliphatic rings. The van der Waals surface area contributed by atoms with E-state index in [-0.39, 0.29) is 5.41 Å². The second-order valence-electron chi connectivity index (χ2n) is 7.76. The molecule has 0 aliphatic carbocycles. The number of aromatic nitrogens is 2. The molecule has 0 saturated heterocycles. The van der Waals surface area contributed by atoms with Crippen molar-refractivity contribution in [2.24, 2.45) is 0 Å². The van der Waals surface area contributed by atoms with Gasteiger partial charge >= 0.3 is 0 Å². The normalized spacial score (nSPS) is 11.5. The van der Waals surface area contributed by atoms with E-state index in [9.17, 15) is 0 Å². The number of rotatable bonds is 3. The van der Waals surface area contributed by atoms with Gasteiger partial charge in [0.15, 0.2) is 5.82 Å². The van der Waals surface area contributed by atoms with Crippen LogP contribution >= 0.6 is 0 Å². The van der Waals surface area contributed by atoms with E-state index in [1.807, 2.05) is 30.3 Å². The van der Waals surface area contributed by atoms with Gasteiger partial charge in [0.1, 0.15) is 5.69 Å². The fraction of sp³-hybridized carbons (Fsp3) is 0.167. The van der Waals surface area contributed by atoms with Crippen LogP contribution in [0.15, 0.2) is 78.9 Å². The predicted octanol–water partition coefficient (Wildman–Crippen LogP) is 6.34. The first-order valence-corrected chi connectivity index (χ1v) is 9.21. The predicted molar refractivity (Wildman–Crippen MR) is 113 cm³/mol. The minimum Gasteiger partial charge on any atom is -0.338 e. The molecular formula is C24H23N3. The van der Waals surface area contributed by atoms with Gasteiger partial charge in [-0.25, -0.2) is 0 Å². The highest BCUT2D eigenvalue weighted by atomic mass is 15.2. The fourth-order valence-electron chi connectivity index (χ4n) is 3.20. The monoisotopic (exact) mass is 353 g/mol. The fourth-order valence-corrected chi connectivity index (χ4v) is 3.20. The molecule has 3 heteroatoms. The van der Waals surface area contributed by atoms with Gasteiger partial charge in [0, 0.05) is 22.0 Å². The van der Waals surface area contributed by atoms with Crippen LogP contribution in [0.2, 0.25) is 0 Å². The van der Waals surface area contributed by atoms with Crippen LogP contribution in [-0.4, -0.2) is 10.2 Å². The number of nitrogens with one attached hydrogen (secondary N) is 1. The zero-order valence-corrected chi connectivity index (χ0v) is 15.9. The van der Waals surface area contributed by atoms with Crippen molar-refractivity contribution in [1.82, 2.24) is 10.2 Å². The summed E-state index contributed by atoms with van der Waals surface area (Å²) < 4.78 is 0. The molecular weight excluding hydrogens is 330 g/mol. The third-order valence-corrected chi connectivity index (χ3v) is 4.75. The van der Waals surface area contributed by atoms with E-state index in [1.165, 1.54) is 5.56 Å². The Morgan fingerprint density at radius 2 is 1.30 bits per heavy atom. The number of benzene rings is 3. The van der Waals surface area contributed by atoms with Crippen LogP contribution in [0.5, 0.6) is 0 Å². The molecule has 134 valence electrons. The summed E-state index contributed by atoms with van der Waals surface area (Å²) in [5, 5.41) is 14.6. The lowest BCUT2D eigenvalue weighted by atomic mass is 9.87. The summed E-state index contributed by atoms with van der Waals surface area (Å²) in [6, 6.07) is 27.0. The quantitative estimate of drug-likeness (QED) is 0.467. The molecule has 0 unspecified atom stereocenters. The molecule has 0 spiro atoms. The van der Waals surface area contributed by atoms with Gasteiger partial charge in [-0.1, -0.05) is 87.5 Å². The van der Waals surface area contributed by atoms with Crippen molar-refractivity contribution in [2.75, 3.05) is 5.32 Å². The molecule has 1 aromatic heterocycles. The van der Waals surface area contributed by atoms with E-state index < -0.39 is 0 Å². The molecule has 4 rings (SSSR count). The number of fused-ring (bicyclic) bond motifs is 1. The first-order chi connectivity index (χ1) is 13.0. The maximum absolute atomic E-state index is 4.52. The minimum atomic E-state index is 0.141. The standard InChI is InChI=1S/C24H23N3/c1-24(2,3)18-13-15-19(16-14-18)25-23-21-12-8-7-11-20(21)22(26-27-23)17-9-5-4-6-10-17/h4-16H,1-3H3,(H,25,27). The summed E-state index contributed by atoms with van der Waals surface area (Å²) in [7, 11) is 0. The van der Waals surface area contributed by atoms with Gasteiger partial charge in [-0.15, -0.1) is 10.2 Å². The van der Waals surface area contributed by atoms with Gasteiger partial charge in [0.2, 0.25) is 0 Å². The van der Waals surface area contributed by atoms with E-state index in [0.717, 1.165) is 33.5 Å². The molecule has 0 saturated carbocycles. The first kappa shape index (κ1) is 17.2. The Kier molecular flexibility index (Phi) is 4.36. The Hall–Kier alpha value is -3.20. The molecule has 0 aliphatic heterocycles. The summed E-state index contributed by atoms with van der Waals surface area (Å²) in [5.41, 5.74) is 4.43. The second-order valence-corrected chi connectivity index (χ2v) is 7.76. The number of hydrogen-bond donors (Lipinski definition) is 1. The van der Waals surface area contributed by atoms with Crippen molar-refractivity contribution in [2.45, 2.75) is 26.2 Å². The molecule has 3 aromatic carbocycles. The number of hydrogen-bond acceptors (Lipinski definition) is 3. The molecule has 1 heterocycles. The highest BCUT2D eigenvalue weighted by molar-refractivity contribution is 6.00. The zero-order chi connectivity index (χ0) is 18.9. The van der Waals surface area contributed by atoms with Crippen molar-refractivity contribution in [3.8, 4) is 11.3 Å². The van der Waals surface area contributed by atoms with E-state index >= 15 is 0 Å². The van der Waals surface area contributed by atoms with E-state index in [1.54, 1.807) is 0 Å². The van der Waals surface area contributed by atoms with Crippen LogP contribution < -0.4 is 5.32 Å². The Labute approximate surface area is 160 Å². The third-order valence-electron chi connectivity index (χ3n) is 4.75. The van der Waals surface area contributed by atoms with Crippen LogP contribution in [0, 0.1) is 0 Å². The maximum Gasteiger partial charge on any atom is 0.161 e. The average molecular weight is 353 g/mol. The molecule has 0 fully saturated rings. The minimum absolute atomic E-state index is 0.141. The molecule has 1 N–H and O–H groups in total. The van der Waals surface area contributed by atoms with Gasteiger partial charge in [-0.2, -0.15) is 0 Å². The van der Waals surface area contributed by atoms with E-state index in [0.29, 0.717) is 0 Å². The van der Waals surface area contributed by atoms with Crippen LogP contribution in [0.1, 0.15) is 26.3 Å². The SMILES string of the molecule is CC(C)(C)c1ccc(Nc2nnc(-c3ccccc3)c3ccccc23)cc1. The van der Waals surface area contributed by atoms with Gasteiger partial charge in [0.05, 0.1) is 0 Å². The Bertz CT molecular complexity index is 1060.